The Morgan fingerprint density at radius 3 is 2.62 bits per heavy atom. The Bertz CT molecular complexity index is 756. The Morgan fingerprint density at radius 1 is 1.04 bits per heavy atom. The van der Waals surface area contributed by atoms with Crippen molar-refractivity contribution in [2.24, 2.45) is 5.92 Å². The highest BCUT2D eigenvalue weighted by molar-refractivity contribution is 6.21. The summed E-state index contributed by atoms with van der Waals surface area (Å²) in [6.07, 6.45) is 7.33. The summed E-state index contributed by atoms with van der Waals surface area (Å²) in [5.74, 6) is 0.195. The number of carbonyl (C=O) groups is 3. The van der Waals surface area contributed by atoms with Crippen LogP contribution in [-0.4, -0.2) is 46.7 Å². The molecule has 2 fully saturated rings. The number of likely N-dealkylation sites (tertiary alicyclic amines) is 1. The lowest BCUT2D eigenvalue weighted by molar-refractivity contribution is -0.137. The van der Waals surface area contributed by atoms with Crippen LogP contribution in [0.3, 0.4) is 0 Å². The number of hydrogen-bond acceptors (Lipinski definition) is 3. The van der Waals surface area contributed by atoms with Gasteiger partial charge in [0, 0.05) is 25.6 Å². The van der Waals surface area contributed by atoms with Crippen molar-refractivity contribution >= 4 is 17.7 Å². The van der Waals surface area contributed by atoms with E-state index in [4.69, 9.17) is 0 Å². The van der Waals surface area contributed by atoms with Gasteiger partial charge in [0.25, 0.3) is 11.8 Å². The highest BCUT2D eigenvalue weighted by Gasteiger charge is 2.38. The molecule has 5 nitrogen and oxygen atoms in total. The molecule has 1 aliphatic carbocycles. The number of nitrogens with zero attached hydrogens (tertiary/aromatic N) is 2. The fourth-order valence-electron chi connectivity index (χ4n) is 4.89. The number of rotatable bonds is 3. The second kappa shape index (κ2) is 6.86. The molecule has 0 spiro atoms. The first-order valence-electron chi connectivity index (χ1n) is 9.82. The summed E-state index contributed by atoms with van der Waals surface area (Å²) in [6.45, 7) is 2.90. The third kappa shape index (κ3) is 2.93. The van der Waals surface area contributed by atoms with Gasteiger partial charge in [0.1, 0.15) is 0 Å². The molecular formula is C21H26N2O3. The molecule has 1 saturated heterocycles. The summed E-state index contributed by atoms with van der Waals surface area (Å²) >= 11 is 0. The maximum absolute atomic E-state index is 12.8. The largest absolute Gasteiger partial charge is 0.339 e. The van der Waals surface area contributed by atoms with Gasteiger partial charge in [-0.15, -0.1) is 0 Å². The van der Waals surface area contributed by atoms with Crippen LogP contribution in [0.25, 0.3) is 0 Å². The lowest BCUT2D eigenvalue weighted by atomic mass is 9.78. The van der Waals surface area contributed by atoms with E-state index in [1.807, 2.05) is 17.9 Å². The van der Waals surface area contributed by atoms with Gasteiger partial charge in [-0.3, -0.25) is 19.3 Å². The smallest absolute Gasteiger partial charge is 0.261 e. The zero-order valence-corrected chi connectivity index (χ0v) is 15.4. The molecule has 3 amide bonds. The third-order valence-electron chi connectivity index (χ3n) is 6.24. The van der Waals surface area contributed by atoms with E-state index in [1.54, 1.807) is 12.1 Å². The highest BCUT2D eigenvalue weighted by atomic mass is 16.2. The number of imide groups is 1. The molecule has 0 aromatic heterocycles. The normalized spacial score (nSPS) is 25.3. The predicted molar refractivity (Wildman–Crippen MR) is 97.9 cm³/mol. The quantitative estimate of drug-likeness (QED) is 0.784. The van der Waals surface area contributed by atoms with Crippen LogP contribution in [-0.2, 0) is 4.79 Å². The molecule has 26 heavy (non-hydrogen) atoms. The highest BCUT2D eigenvalue weighted by Crippen LogP contribution is 2.35. The third-order valence-corrected chi connectivity index (χ3v) is 6.24. The van der Waals surface area contributed by atoms with E-state index in [0.29, 0.717) is 23.1 Å². The summed E-state index contributed by atoms with van der Waals surface area (Å²) < 4.78 is 0. The Kier molecular flexibility index (Phi) is 4.55. The molecule has 2 heterocycles. The van der Waals surface area contributed by atoms with Gasteiger partial charge in [-0.05, 0) is 50.7 Å². The van der Waals surface area contributed by atoms with Crippen molar-refractivity contribution in [3.8, 4) is 0 Å². The zero-order valence-electron chi connectivity index (χ0n) is 15.4. The van der Waals surface area contributed by atoms with Crippen molar-refractivity contribution < 1.29 is 14.4 Å². The van der Waals surface area contributed by atoms with Crippen LogP contribution in [0.1, 0.15) is 71.2 Å². The maximum atomic E-state index is 12.8. The molecule has 1 saturated carbocycles. The molecule has 0 unspecified atom stereocenters. The number of aryl methyl sites for hydroxylation is 1. The molecule has 1 aromatic rings. The van der Waals surface area contributed by atoms with Gasteiger partial charge in [0.05, 0.1) is 11.1 Å². The summed E-state index contributed by atoms with van der Waals surface area (Å²) in [6, 6.07) is 5.68. The number of carbonyl (C=O) groups excluding carboxylic acids is 3. The van der Waals surface area contributed by atoms with Crippen molar-refractivity contribution in [1.29, 1.82) is 0 Å². The number of amides is 3. The van der Waals surface area contributed by atoms with Crippen LogP contribution >= 0.6 is 0 Å². The predicted octanol–water partition coefficient (Wildman–Crippen LogP) is 3.16. The summed E-state index contributed by atoms with van der Waals surface area (Å²) in [5.41, 5.74) is 1.88. The molecule has 0 radical (unpaired) electrons. The van der Waals surface area contributed by atoms with E-state index in [9.17, 15) is 14.4 Å². The molecule has 0 bridgehead atoms. The van der Waals surface area contributed by atoms with Gasteiger partial charge in [0.2, 0.25) is 5.91 Å². The Labute approximate surface area is 154 Å². The lowest BCUT2D eigenvalue weighted by Crippen LogP contribution is -2.50. The Hall–Kier alpha value is -2.17. The minimum atomic E-state index is -0.271. The van der Waals surface area contributed by atoms with Crippen molar-refractivity contribution in [3.63, 3.8) is 0 Å². The fraction of sp³-hybridized carbons (Fsp3) is 0.571. The van der Waals surface area contributed by atoms with Gasteiger partial charge >= 0.3 is 0 Å². The number of piperidine rings is 1. The van der Waals surface area contributed by atoms with Crippen LogP contribution in [0.15, 0.2) is 18.2 Å². The topological polar surface area (TPSA) is 57.7 Å². The lowest BCUT2D eigenvalue weighted by Gasteiger charge is -2.44. The molecule has 3 aliphatic rings. The van der Waals surface area contributed by atoms with E-state index in [2.05, 4.69) is 0 Å². The minimum Gasteiger partial charge on any atom is -0.339 e. The summed E-state index contributed by atoms with van der Waals surface area (Å²) in [4.78, 5) is 41.2. The molecular weight excluding hydrogens is 328 g/mol. The first-order chi connectivity index (χ1) is 12.6. The number of fused-ring (bicyclic) bond motifs is 2. The van der Waals surface area contributed by atoms with Gasteiger partial charge in [-0.25, -0.2) is 0 Å². The average molecular weight is 354 g/mol. The molecule has 4 rings (SSSR count). The summed E-state index contributed by atoms with van der Waals surface area (Å²) in [7, 11) is 0. The molecule has 138 valence electrons. The Morgan fingerprint density at radius 2 is 1.77 bits per heavy atom. The maximum Gasteiger partial charge on any atom is 0.261 e. The van der Waals surface area contributed by atoms with Crippen LogP contribution in [0.2, 0.25) is 0 Å². The number of benzene rings is 1. The molecule has 5 heteroatoms. The second-order valence-corrected chi connectivity index (χ2v) is 7.90. The fourth-order valence-corrected chi connectivity index (χ4v) is 4.89. The molecule has 1 aromatic carbocycles. The van der Waals surface area contributed by atoms with Gasteiger partial charge in [0.15, 0.2) is 0 Å². The second-order valence-electron chi connectivity index (χ2n) is 7.90. The monoisotopic (exact) mass is 354 g/mol. The van der Waals surface area contributed by atoms with Gasteiger partial charge in [-0.2, -0.15) is 0 Å². The van der Waals surface area contributed by atoms with Crippen molar-refractivity contribution in [2.45, 2.75) is 57.9 Å². The number of hydrogen-bond donors (Lipinski definition) is 0. The zero-order chi connectivity index (χ0) is 18.3. The average Bonchev–Trinajstić information content (AvgIpc) is 2.89. The first-order valence-corrected chi connectivity index (χ1v) is 9.82. The van der Waals surface area contributed by atoms with Crippen LogP contribution in [0.4, 0.5) is 0 Å². The van der Waals surface area contributed by atoms with Gasteiger partial charge < -0.3 is 4.90 Å². The van der Waals surface area contributed by atoms with E-state index in [-0.39, 0.29) is 30.7 Å². The van der Waals surface area contributed by atoms with E-state index >= 15 is 0 Å². The van der Waals surface area contributed by atoms with Gasteiger partial charge in [-0.1, -0.05) is 24.5 Å². The molecule has 2 aliphatic heterocycles. The van der Waals surface area contributed by atoms with Crippen molar-refractivity contribution in [1.82, 2.24) is 9.80 Å². The minimum absolute atomic E-state index is 0.0920. The van der Waals surface area contributed by atoms with E-state index < -0.39 is 0 Å². The van der Waals surface area contributed by atoms with E-state index in [0.717, 1.165) is 24.9 Å². The Balaban J connectivity index is 1.42. The van der Waals surface area contributed by atoms with Crippen LogP contribution in [0, 0.1) is 12.8 Å². The first kappa shape index (κ1) is 17.3. The van der Waals surface area contributed by atoms with E-state index in [1.165, 1.54) is 30.6 Å². The molecule has 0 N–H and O–H groups in total. The summed E-state index contributed by atoms with van der Waals surface area (Å²) in [5, 5.41) is 0. The SMILES string of the molecule is Cc1ccc2c(c1)C(=O)N(CCC(=O)N1CCC[C@@H]3CCCC[C@@H]31)C2=O. The van der Waals surface area contributed by atoms with Crippen LogP contribution in [0.5, 0.6) is 0 Å². The van der Waals surface area contributed by atoms with Crippen molar-refractivity contribution in [3.05, 3.63) is 34.9 Å². The van der Waals surface area contributed by atoms with Crippen LogP contribution < -0.4 is 0 Å². The van der Waals surface area contributed by atoms with Crippen molar-refractivity contribution in [2.75, 3.05) is 13.1 Å². The standard InChI is InChI=1S/C21H26N2O3/c1-14-8-9-16-17(13-14)21(26)23(20(16)25)12-10-19(24)22-11-4-6-15-5-2-3-7-18(15)22/h8-9,13,15,18H,2-7,10-12H2,1H3/t15-,18-/m0/s1. The molecule has 2 atom stereocenters.